The third-order valence-corrected chi connectivity index (χ3v) is 17.3. The predicted octanol–water partition coefficient (Wildman–Crippen LogP) is 11.9. The molecule has 0 unspecified atom stereocenters. The van der Waals surface area contributed by atoms with E-state index in [1.807, 2.05) is 0 Å². The third kappa shape index (κ3) is 12.1. The highest BCUT2D eigenvalue weighted by Gasteiger charge is 2.65. The van der Waals surface area contributed by atoms with Crippen molar-refractivity contribution in [2.75, 3.05) is 31.9 Å². The average Bonchev–Trinajstić information content (AvgIpc) is 3.54. The Bertz CT molecular complexity index is 1170. The Hall–Kier alpha value is -0.860. The van der Waals surface area contributed by atoms with Crippen LogP contribution >= 0.6 is 24.0 Å². The average molecular weight is 805 g/mol. The zero-order chi connectivity index (χ0) is 40.0. The number of hydrogen-bond donors (Lipinski definition) is 1. The van der Waals surface area contributed by atoms with Crippen molar-refractivity contribution in [2.45, 2.75) is 202 Å². The van der Waals surface area contributed by atoms with Gasteiger partial charge < -0.3 is 19.6 Å². The summed E-state index contributed by atoms with van der Waals surface area (Å²) in [7, 11) is 0. The van der Waals surface area contributed by atoms with Gasteiger partial charge in [0.1, 0.15) is 10.4 Å². The Morgan fingerprint density at radius 1 is 0.800 bits per heavy atom. The van der Waals surface area contributed by atoms with E-state index in [1.165, 1.54) is 95.2 Å². The number of rotatable bonds is 23. The summed E-state index contributed by atoms with van der Waals surface area (Å²) in [6, 6.07) is 0. The maximum atomic E-state index is 14.0. The van der Waals surface area contributed by atoms with E-state index in [9.17, 15) is 14.7 Å². The second-order valence-corrected chi connectivity index (χ2v) is 20.6. The van der Waals surface area contributed by atoms with Crippen LogP contribution in [0.1, 0.15) is 190 Å². The van der Waals surface area contributed by atoms with Crippen molar-refractivity contribution < 1.29 is 19.4 Å². The molecule has 0 aromatic carbocycles. The summed E-state index contributed by atoms with van der Waals surface area (Å²) in [5.41, 5.74) is 0.0934. The molecule has 0 bridgehead atoms. The zero-order valence-electron chi connectivity index (χ0n) is 36.6. The Morgan fingerprint density at radius 2 is 1.42 bits per heavy atom. The normalized spacial score (nSPS) is 31.9. The van der Waals surface area contributed by atoms with Crippen LogP contribution in [-0.4, -0.2) is 75.2 Å². The third-order valence-electron chi connectivity index (χ3n) is 15.8. The van der Waals surface area contributed by atoms with Crippen LogP contribution in [0.15, 0.2) is 0 Å². The molecule has 0 aromatic rings. The minimum absolute atomic E-state index is 0.0998. The molecule has 4 aliphatic rings. The fraction of sp³-hybridized carbons (Fsp3) is 0.936. The fourth-order valence-electron chi connectivity index (χ4n) is 12.4. The van der Waals surface area contributed by atoms with Gasteiger partial charge in [0.15, 0.2) is 0 Å². The van der Waals surface area contributed by atoms with Crippen LogP contribution in [0.5, 0.6) is 0 Å². The van der Waals surface area contributed by atoms with Crippen LogP contribution in [0.3, 0.4) is 0 Å². The maximum absolute atomic E-state index is 14.0. The molecule has 8 heteroatoms. The molecule has 0 spiro atoms. The number of thioether (sulfide) groups is 1. The van der Waals surface area contributed by atoms with E-state index in [4.69, 9.17) is 17.0 Å². The molecule has 318 valence electrons. The lowest BCUT2D eigenvalue weighted by Crippen LogP contribution is -2.59. The van der Waals surface area contributed by atoms with Gasteiger partial charge in [-0.2, -0.15) is 0 Å². The number of carbonyl (C=O) groups is 2. The minimum Gasteiger partial charge on any atom is -0.461 e. The topological polar surface area (TPSA) is 70.1 Å². The van der Waals surface area contributed by atoms with Crippen molar-refractivity contribution in [3.63, 3.8) is 0 Å². The number of esters is 1. The minimum atomic E-state index is -0.171. The first-order chi connectivity index (χ1) is 26.4. The van der Waals surface area contributed by atoms with Crippen LogP contribution in [-0.2, 0) is 14.3 Å². The van der Waals surface area contributed by atoms with Gasteiger partial charge in [-0.15, -0.1) is 0 Å². The lowest BCUT2D eigenvalue weighted by atomic mass is 9.43. The van der Waals surface area contributed by atoms with Crippen LogP contribution < -0.4 is 0 Å². The summed E-state index contributed by atoms with van der Waals surface area (Å²) in [6.45, 7) is 19.7. The molecule has 0 radical (unpaired) electrons. The summed E-state index contributed by atoms with van der Waals surface area (Å²) >= 11 is 7.15. The molecule has 4 fully saturated rings. The number of thiocarbonyl (C=S) groups is 1. The van der Waals surface area contributed by atoms with E-state index in [0.717, 1.165) is 81.9 Å². The lowest BCUT2D eigenvalue weighted by molar-refractivity contribution is -0.195. The summed E-state index contributed by atoms with van der Waals surface area (Å²) in [5, 5.41) is 10.7. The highest BCUT2D eigenvalue weighted by Crippen LogP contribution is 2.69. The van der Waals surface area contributed by atoms with Crippen LogP contribution in [0.25, 0.3) is 0 Å². The number of ether oxygens (including phenoxy) is 1. The van der Waals surface area contributed by atoms with Gasteiger partial charge in [0.25, 0.3) is 0 Å². The van der Waals surface area contributed by atoms with Gasteiger partial charge in [-0.25, -0.2) is 0 Å². The van der Waals surface area contributed by atoms with Crippen molar-refractivity contribution in [3.8, 4) is 0 Å². The van der Waals surface area contributed by atoms with E-state index in [0.29, 0.717) is 47.8 Å². The van der Waals surface area contributed by atoms with Gasteiger partial charge in [-0.3, -0.25) is 9.59 Å². The summed E-state index contributed by atoms with van der Waals surface area (Å²) in [5.74, 6) is 3.54. The molecular weight excluding hydrogens is 721 g/mol. The van der Waals surface area contributed by atoms with Crippen LogP contribution in [0, 0.1) is 46.3 Å². The second kappa shape index (κ2) is 23.1. The van der Waals surface area contributed by atoms with E-state index in [-0.39, 0.29) is 34.8 Å². The maximum Gasteiger partial charge on any atom is 0.316 e. The van der Waals surface area contributed by atoms with Gasteiger partial charge in [0.05, 0.1) is 11.9 Å². The van der Waals surface area contributed by atoms with Gasteiger partial charge in [-0.1, -0.05) is 123 Å². The molecule has 4 aliphatic carbocycles. The molecule has 10 atom stereocenters. The van der Waals surface area contributed by atoms with Gasteiger partial charge in [-0.05, 0) is 125 Å². The molecule has 4 saturated carbocycles. The number of aliphatic hydroxyl groups is 1. The molecule has 0 aromatic heterocycles. The van der Waals surface area contributed by atoms with Crippen molar-refractivity contribution >= 4 is 40.2 Å². The summed E-state index contributed by atoms with van der Waals surface area (Å²) in [4.78, 5) is 32.1. The number of carbonyl (C=O) groups excluding carboxylic acids is 2. The monoisotopic (exact) mass is 805 g/mol. The number of amides is 1. The van der Waals surface area contributed by atoms with Gasteiger partial charge in [0, 0.05) is 38.0 Å². The Balaban J connectivity index is 1.46. The van der Waals surface area contributed by atoms with Gasteiger partial charge in [0.2, 0.25) is 5.91 Å². The summed E-state index contributed by atoms with van der Waals surface area (Å²) in [6.07, 6.45) is 24.9. The van der Waals surface area contributed by atoms with Crippen molar-refractivity contribution in [1.82, 2.24) is 9.80 Å². The van der Waals surface area contributed by atoms with Crippen molar-refractivity contribution in [2.24, 2.45) is 46.3 Å². The van der Waals surface area contributed by atoms with Crippen molar-refractivity contribution in [3.05, 3.63) is 0 Å². The first-order valence-corrected chi connectivity index (χ1v) is 24.9. The Kier molecular flexibility index (Phi) is 19.6. The lowest BCUT2D eigenvalue weighted by Gasteiger charge is -2.62. The molecule has 1 N–H and O–H groups in total. The van der Waals surface area contributed by atoms with Crippen LogP contribution in [0.2, 0.25) is 0 Å². The van der Waals surface area contributed by atoms with Crippen molar-refractivity contribution in [1.29, 1.82) is 0 Å². The molecule has 0 heterocycles. The first kappa shape index (κ1) is 46.8. The molecule has 4 rings (SSSR count). The molecule has 55 heavy (non-hydrogen) atoms. The zero-order valence-corrected chi connectivity index (χ0v) is 38.2. The molecule has 0 saturated heterocycles. The van der Waals surface area contributed by atoms with E-state index in [1.54, 1.807) is 0 Å². The number of aliphatic hydroxyl groups excluding tert-OH is 1. The van der Waals surface area contributed by atoms with E-state index < -0.39 is 0 Å². The van der Waals surface area contributed by atoms with E-state index >= 15 is 0 Å². The molecule has 6 nitrogen and oxygen atoms in total. The quantitative estimate of drug-likeness (QED) is 0.0626. The SMILES string of the molecule is CCCCCCCCN(CCCCCCCC)C(=O)CC[C@@H](C)[C@H]1CC[C@H]2[C@@H]3CC[C@@H]4C[C@H](O)CC[C@]4(C)[C@H]3C[C@H](OC(=O)CSC(=S)N(CC)CC)[C@]12C. The molecule has 1 amide bonds. The summed E-state index contributed by atoms with van der Waals surface area (Å²) < 4.78 is 7.52. The van der Waals surface area contributed by atoms with Gasteiger partial charge >= 0.3 is 5.97 Å². The number of hydrogen-bond acceptors (Lipinski definition) is 6. The number of unbranched alkanes of at least 4 members (excludes halogenated alkanes) is 10. The number of nitrogens with zero attached hydrogens (tertiary/aromatic N) is 2. The molecule has 0 aliphatic heterocycles. The first-order valence-electron chi connectivity index (χ1n) is 23.5. The highest BCUT2D eigenvalue weighted by molar-refractivity contribution is 8.23. The standard InChI is InChI=1S/C47H84N2O4S2/c1-8-12-14-16-18-20-30-49(31-21-19-17-15-13-9-2)43(51)27-22-35(5)39-25-26-40-38-24-23-36-32-37(50)28-29-46(36,6)41(38)33-42(47(39,40)7)53-44(52)34-55-45(54)48(10-3)11-4/h35-42,50H,8-34H2,1-7H3/t35-,36-,37-,38+,39-,40+,41+,42+,46+,47-/m1/s1. The largest absolute Gasteiger partial charge is 0.461 e. The number of fused-ring (bicyclic) bond motifs is 5. The Labute approximate surface area is 348 Å². The second-order valence-electron chi connectivity index (χ2n) is 19.0. The predicted molar refractivity (Wildman–Crippen MR) is 236 cm³/mol. The Morgan fingerprint density at radius 3 is 2.04 bits per heavy atom. The van der Waals surface area contributed by atoms with Crippen LogP contribution in [0.4, 0.5) is 0 Å². The smallest absolute Gasteiger partial charge is 0.316 e. The highest BCUT2D eigenvalue weighted by atomic mass is 32.2. The molecular formula is C47H84N2O4S2. The fourth-order valence-corrected chi connectivity index (χ4v) is 13.6. The van der Waals surface area contributed by atoms with E-state index in [2.05, 4.69) is 58.3 Å².